The Bertz CT molecular complexity index is 1420. The second-order valence-corrected chi connectivity index (χ2v) is 7.00. The third kappa shape index (κ3) is 2.90. The molecule has 6 nitrogen and oxygen atoms in total. The molecule has 1 aromatic carbocycles. The molecule has 0 saturated carbocycles. The number of methoxy groups -OCH3 is 1. The van der Waals surface area contributed by atoms with E-state index in [1.807, 2.05) is 72.2 Å². The quantitative estimate of drug-likeness (QED) is 0.415. The molecule has 0 spiro atoms. The van der Waals surface area contributed by atoms with Gasteiger partial charge in [-0.05, 0) is 61.0 Å². The molecule has 4 heterocycles. The number of benzene rings is 1. The summed E-state index contributed by atoms with van der Waals surface area (Å²) < 4.78 is 6.76. The van der Waals surface area contributed by atoms with Gasteiger partial charge in [0.15, 0.2) is 0 Å². The molecule has 6 heteroatoms. The lowest BCUT2D eigenvalue weighted by atomic mass is 9.97. The Kier molecular flexibility index (Phi) is 4.25. The van der Waals surface area contributed by atoms with Gasteiger partial charge in [-0.15, -0.1) is 0 Å². The second-order valence-electron chi connectivity index (χ2n) is 7.00. The summed E-state index contributed by atoms with van der Waals surface area (Å²) in [5, 5.41) is 5.68. The number of rotatable bonds is 3. The first-order chi connectivity index (χ1) is 14.7. The fraction of sp³-hybridized carbons (Fsp3) is 0.0833. The highest BCUT2D eigenvalue weighted by Gasteiger charge is 2.20. The van der Waals surface area contributed by atoms with Crippen LogP contribution < -0.4 is 0 Å². The maximum absolute atomic E-state index is 12.1. The molecule has 0 saturated heterocycles. The third-order valence-electron chi connectivity index (χ3n) is 5.10. The van der Waals surface area contributed by atoms with Crippen LogP contribution in [0.1, 0.15) is 16.1 Å². The maximum Gasteiger partial charge on any atom is 0.337 e. The van der Waals surface area contributed by atoms with Gasteiger partial charge in [0.05, 0.1) is 29.4 Å². The van der Waals surface area contributed by atoms with E-state index >= 15 is 0 Å². The van der Waals surface area contributed by atoms with Gasteiger partial charge in [-0.1, -0.05) is 12.1 Å². The monoisotopic (exact) mass is 394 g/mol. The van der Waals surface area contributed by atoms with Gasteiger partial charge in [0, 0.05) is 29.0 Å². The zero-order valence-corrected chi connectivity index (χ0v) is 16.5. The summed E-state index contributed by atoms with van der Waals surface area (Å²) >= 11 is 0. The van der Waals surface area contributed by atoms with Crippen molar-refractivity contribution in [3.8, 4) is 22.5 Å². The van der Waals surface area contributed by atoms with E-state index in [0.717, 1.165) is 44.6 Å². The Balaban J connectivity index is 1.86. The average Bonchev–Trinajstić information content (AvgIpc) is 3.17. The molecular weight excluding hydrogens is 376 g/mol. The Hall–Kier alpha value is -4.06. The number of carbonyl (C=O) groups excluding carboxylic acids is 1. The van der Waals surface area contributed by atoms with E-state index in [4.69, 9.17) is 14.8 Å². The molecule has 0 fully saturated rings. The first-order valence-corrected chi connectivity index (χ1v) is 9.54. The standard InChI is InChI=1S/C24H18N4O2/c1-15-6-5-7-20(26-15)23-22(21-8-3-4-13-28(21)27-23)17-11-12-25-19-10-9-16(14-18(17)19)24(29)30-2/h3-14H,1-2H3. The number of fused-ring (bicyclic) bond motifs is 2. The van der Waals surface area contributed by atoms with Crippen LogP contribution in [-0.2, 0) is 4.74 Å². The van der Waals surface area contributed by atoms with Gasteiger partial charge in [0.1, 0.15) is 5.69 Å². The highest BCUT2D eigenvalue weighted by Crippen LogP contribution is 2.38. The molecule has 0 atom stereocenters. The maximum atomic E-state index is 12.1. The van der Waals surface area contributed by atoms with Gasteiger partial charge in [-0.3, -0.25) is 9.97 Å². The number of hydrogen-bond acceptors (Lipinski definition) is 5. The van der Waals surface area contributed by atoms with Gasteiger partial charge in [0.2, 0.25) is 0 Å². The minimum Gasteiger partial charge on any atom is -0.465 e. The topological polar surface area (TPSA) is 69.4 Å². The van der Waals surface area contributed by atoms with Crippen molar-refractivity contribution in [2.75, 3.05) is 7.11 Å². The Labute approximate surface area is 172 Å². The molecule has 0 amide bonds. The van der Waals surface area contributed by atoms with Crippen LogP contribution in [0.25, 0.3) is 38.9 Å². The molecule has 5 aromatic rings. The molecule has 0 aliphatic carbocycles. The third-order valence-corrected chi connectivity index (χ3v) is 5.10. The summed E-state index contributed by atoms with van der Waals surface area (Å²) in [4.78, 5) is 21.3. The Morgan fingerprint density at radius 2 is 1.93 bits per heavy atom. The number of esters is 1. The molecule has 0 unspecified atom stereocenters. The number of carbonyl (C=O) groups is 1. The van der Waals surface area contributed by atoms with Crippen molar-refractivity contribution in [2.45, 2.75) is 6.92 Å². The fourth-order valence-electron chi connectivity index (χ4n) is 3.73. The fourth-order valence-corrected chi connectivity index (χ4v) is 3.73. The number of ether oxygens (including phenoxy) is 1. The van der Waals surface area contributed by atoms with Gasteiger partial charge in [-0.2, -0.15) is 5.10 Å². The minimum absolute atomic E-state index is 0.382. The van der Waals surface area contributed by atoms with E-state index in [1.165, 1.54) is 7.11 Å². The highest BCUT2D eigenvalue weighted by molar-refractivity contribution is 6.05. The summed E-state index contributed by atoms with van der Waals surface area (Å²) in [6.45, 7) is 1.96. The van der Waals surface area contributed by atoms with Crippen LogP contribution in [-0.4, -0.2) is 32.7 Å². The normalized spacial score (nSPS) is 11.1. The van der Waals surface area contributed by atoms with Crippen LogP contribution in [0, 0.1) is 6.92 Å². The Morgan fingerprint density at radius 3 is 2.77 bits per heavy atom. The van der Waals surface area contributed by atoms with Crippen LogP contribution in [0.4, 0.5) is 0 Å². The molecule has 4 aromatic heterocycles. The van der Waals surface area contributed by atoms with Crippen LogP contribution in [0.15, 0.2) is 73.1 Å². The van der Waals surface area contributed by atoms with E-state index in [2.05, 4.69) is 4.98 Å². The van der Waals surface area contributed by atoms with Gasteiger partial charge in [-0.25, -0.2) is 9.31 Å². The second kappa shape index (κ2) is 7.08. The first-order valence-electron chi connectivity index (χ1n) is 9.54. The predicted octanol–water partition coefficient (Wildman–Crippen LogP) is 4.71. The van der Waals surface area contributed by atoms with E-state index in [9.17, 15) is 4.79 Å². The molecular formula is C24H18N4O2. The Morgan fingerprint density at radius 1 is 1.03 bits per heavy atom. The lowest BCUT2D eigenvalue weighted by Crippen LogP contribution is -2.01. The van der Waals surface area contributed by atoms with E-state index in [-0.39, 0.29) is 5.97 Å². The van der Waals surface area contributed by atoms with E-state index < -0.39 is 0 Å². The number of nitrogens with zero attached hydrogens (tertiary/aromatic N) is 4. The number of aromatic nitrogens is 4. The van der Waals surface area contributed by atoms with Crippen molar-refractivity contribution in [3.05, 3.63) is 84.3 Å². The highest BCUT2D eigenvalue weighted by atomic mass is 16.5. The summed E-state index contributed by atoms with van der Waals surface area (Å²) in [6.07, 6.45) is 3.69. The van der Waals surface area contributed by atoms with Crippen molar-refractivity contribution in [1.82, 2.24) is 19.6 Å². The molecule has 0 bridgehead atoms. The molecule has 146 valence electrons. The largest absolute Gasteiger partial charge is 0.465 e. The van der Waals surface area contributed by atoms with Crippen molar-refractivity contribution in [1.29, 1.82) is 0 Å². The predicted molar refractivity (Wildman–Crippen MR) is 115 cm³/mol. The molecule has 0 radical (unpaired) electrons. The van der Waals surface area contributed by atoms with E-state index in [0.29, 0.717) is 5.56 Å². The van der Waals surface area contributed by atoms with Crippen LogP contribution in [0.5, 0.6) is 0 Å². The smallest absolute Gasteiger partial charge is 0.337 e. The SMILES string of the molecule is COC(=O)c1ccc2nccc(-c3c(-c4cccc(C)n4)nn4ccccc34)c2c1. The molecule has 0 N–H and O–H groups in total. The number of pyridine rings is 3. The van der Waals surface area contributed by atoms with Crippen LogP contribution in [0.2, 0.25) is 0 Å². The van der Waals surface area contributed by atoms with Crippen LogP contribution >= 0.6 is 0 Å². The molecule has 0 aliphatic rings. The minimum atomic E-state index is -0.382. The lowest BCUT2D eigenvalue weighted by Gasteiger charge is -2.09. The van der Waals surface area contributed by atoms with Crippen molar-refractivity contribution in [3.63, 3.8) is 0 Å². The molecule has 0 aliphatic heterocycles. The molecule has 30 heavy (non-hydrogen) atoms. The van der Waals surface area contributed by atoms with Crippen molar-refractivity contribution >= 4 is 22.4 Å². The number of hydrogen-bond donors (Lipinski definition) is 0. The molecule has 5 rings (SSSR count). The number of aryl methyl sites for hydroxylation is 1. The summed E-state index contributed by atoms with van der Waals surface area (Å²) in [5.74, 6) is -0.382. The summed E-state index contributed by atoms with van der Waals surface area (Å²) in [7, 11) is 1.38. The zero-order chi connectivity index (χ0) is 20.7. The van der Waals surface area contributed by atoms with Crippen molar-refractivity contribution in [2.24, 2.45) is 0 Å². The van der Waals surface area contributed by atoms with Gasteiger partial charge >= 0.3 is 5.97 Å². The average molecular weight is 394 g/mol. The lowest BCUT2D eigenvalue weighted by molar-refractivity contribution is 0.0601. The van der Waals surface area contributed by atoms with Crippen molar-refractivity contribution < 1.29 is 9.53 Å². The summed E-state index contributed by atoms with van der Waals surface area (Å²) in [5.41, 5.74) is 6.59. The first kappa shape index (κ1) is 18.0. The van der Waals surface area contributed by atoms with Gasteiger partial charge < -0.3 is 4.74 Å². The van der Waals surface area contributed by atoms with Gasteiger partial charge in [0.25, 0.3) is 0 Å². The summed E-state index contributed by atoms with van der Waals surface area (Å²) in [6, 6.07) is 19.2. The van der Waals surface area contributed by atoms with Crippen LogP contribution in [0.3, 0.4) is 0 Å². The zero-order valence-electron chi connectivity index (χ0n) is 16.5. The van der Waals surface area contributed by atoms with E-state index in [1.54, 1.807) is 12.3 Å².